The lowest BCUT2D eigenvalue weighted by molar-refractivity contribution is -0.148. The third kappa shape index (κ3) is 3.65. The van der Waals surface area contributed by atoms with Gasteiger partial charge in [-0.3, -0.25) is 9.48 Å². The van der Waals surface area contributed by atoms with E-state index in [9.17, 15) is 4.79 Å². The van der Waals surface area contributed by atoms with Crippen LogP contribution in [0.15, 0.2) is 4.52 Å². The summed E-state index contributed by atoms with van der Waals surface area (Å²) in [6.07, 6.45) is -0.549. The molecule has 0 N–H and O–H groups in total. The number of carbonyl (C=O) groups excluding carboxylic acids is 1. The molecule has 1 amide bonds. The Kier molecular flexibility index (Phi) is 4.76. The standard InChI is InChI=1S/C16H23N5O4/c1-9-6-21(7-13(24-9)16-17-12(4)19-25-16)14(22)8-23-15-10(2)18-20(5)11(15)3/h9,13H,6-8H2,1-5H3/t9-,13-/m1/s1. The number of ether oxygens (including phenoxy) is 2. The van der Waals surface area contributed by atoms with Crippen LogP contribution >= 0.6 is 0 Å². The fourth-order valence-corrected chi connectivity index (χ4v) is 2.92. The molecule has 3 rings (SSSR count). The average molecular weight is 349 g/mol. The Morgan fingerprint density at radius 1 is 1.32 bits per heavy atom. The van der Waals surface area contributed by atoms with Gasteiger partial charge in [0.2, 0.25) is 0 Å². The summed E-state index contributed by atoms with van der Waals surface area (Å²) in [7, 11) is 1.84. The van der Waals surface area contributed by atoms with E-state index in [4.69, 9.17) is 14.0 Å². The number of nitrogens with zero attached hydrogens (tertiary/aromatic N) is 5. The van der Waals surface area contributed by atoms with Crippen molar-refractivity contribution in [3.63, 3.8) is 0 Å². The van der Waals surface area contributed by atoms with E-state index in [1.165, 1.54) is 0 Å². The van der Waals surface area contributed by atoms with Crippen LogP contribution in [-0.4, -0.2) is 56.5 Å². The van der Waals surface area contributed by atoms with Gasteiger partial charge in [0.25, 0.3) is 11.8 Å². The van der Waals surface area contributed by atoms with Gasteiger partial charge in [0.15, 0.2) is 24.3 Å². The molecule has 0 aromatic carbocycles. The Hall–Kier alpha value is -2.42. The van der Waals surface area contributed by atoms with Gasteiger partial charge in [0, 0.05) is 13.6 Å². The lowest BCUT2D eigenvalue weighted by Crippen LogP contribution is -2.47. The smallest absolute Gasteiger partial charge is 0.260 e. The van der Waals surface area contributed by atoms with Gasteiger partial charge in [-0.25, -0.2) is 0 Å². The molecule has 9 heteroatoms. The highest BCUT2D eigenvalue weighted by Gasteiger charge is 2.32. The molecule has 1 aliphatic rings. The van der Waals surface area contributed by atoms with Crippen LogP contribution in [-0.2, 0) is 16.6 Å². The Balaban J connectivity index is 1.64. The van der Waals surface area contributed by atoms with Crippen molar-refractivity contribution in [3.05, 3.63) is 23.1 Å². The topological polar surface area (TPSA) is 95.5 Å². The van der Waals surface area contributed by atoms with Crippen molar-refractivity contribution in [2.75, 3.05) is 19.7 Å². The molecule has 0 spiro atoms. The van der Waals surface area contributed by atoms with Crippen LogP contribution < -0.4 is 4.74 Å². The van der Waals surface area contributed by atoms with Crippen LogP contribution in [0.1, 0.15) is 36.1 Å². The molecule has 1 fully saturated rings. The van der Waals surface area contributed by atoms with E-state index in [0.717, 1.165) is 11.4 Å². The minimum absolute atomic E-state index is 0.0460. The fourth-order valence-electron chi connectivity index (χ4n) is 2.92. The lowest BCUT2D eigenvalue weighted by atomic mass is 10.2. The molecule has 1 aliphatic heterocycles. The van der Waals surface area contributed by atoms with Crippen LogP contribution in [0.25, 0.3) is 0 Å². The van der Waals surface area contributed by atoms with Gasteiger partial charge < -0.3 is 18.9 Å². The minimum Gasteiger partial charge on any atom is -0.480 e. The quantitative estimate of drug-likeness (QED) is 0.815. The summed E-state index contributed by atoms with van der Waals surface area (Å²) < 4.78 is 18.5. The number of aromatic nitrogens is 4. The predicted octanol–water partition coefficient (Wildman–Crippen LogP) is 1.10. The van der Waals surface area contributed by atoms with Gasteiger partial charge in [0.1, 0.15) is 5.69 Å². The minimum atomic E-state index is -0.421. The van der Waals surface area contributed by atoms with E-state index in [1.54, 1.807) is 16.5 Å². The number of amides is 1. The molecule has 0 saturated carbocycles. The normalized spacial score (nSPS) is 20.8. The van der Waals surface area contributed by atoms with Crippen LogP contribution in [0.2, 0.25) is 0 Å². The van der Waals surface area contributed by atoms with Gasteiger partial charge >= 0.3 is 0 Å². The summed E-state index contributed by atoms with van der Waals surface area (Å²) in [6.45, 7) is 8.23. The predicted molar refractivity (Wildman–Crippen MR) is 87.1 cm³/mol. The van der Waals surface area contributed by atoms with Gasteiger partial charge in [-0.15, -0.1) is 0 Å². The zero-order valence-electron chi connectivity index (χ0n) is 15.1. The zero-order chi connectivity index (χ0) is 18.1. The van der Waals surface area contributed by atoms with E-state index in [-0.39, 0.29) is 18.6 Å². The molecule has 2 atom stereocenters. The first-order valence-corrected chi connectivity index (χ1v) is 8.21. The second-order valence-corrected chi connectivity index (χ2v) is 6.33. The van der Waals surface area contributed by atoms with Crippen LogP contribution in [0.5, 0.6) is 5.75 Å². The Labute approximate surface area is 145 Å². The van der Waals surface area contributed by atoms with E-state index in [1.807, 2.05) is 27.8 Å². The third-order valence-corrected chi connectivity index (χ3v) is 4.21. The second-order valence-electron chi connectivity index (χ2n) is 6.33. The summed E-state index contributed by atoms with van der Waals surface area (Å²) in [6, 6.07) is 0. The van der Waals surface area contributed by atoms with Crippen molar-refractivity contribution >= 4 is 5.91 Å². The van der Waals surface area contributed by atoms with E-state index >= 15 is 0 Å². The van der Waals surface area contributed by atoms with Crippen LogP contribution in [0, 0.1) is 20.8 Å². The number of rotatable bonds is 4. The maximum atomic E-state index is 12.6. The SMILES string of the molecule is Cc1noc([C@H]2CN(C(=O)COc3c(C)nn(C)c3C)C[C@@H](C)O2)n1. The molecule has 136 valence electrons. The molecule has 3 heterocycles. The summed E-state index contributed by atoms with van der Waals surface area (Å²) in [5, 5.41) is 8.07. The number of hydrogen-bond donors (Lipinski definition) is 0. The van der Waals surface area contributed by atoms with Crippen molar-refractivity contribution in [2.45, 2.75) is 39.9 Å². The summed E-state index contributed by atoms with van der Waals surface area (Å²) >= 11 is 0. The molecule has 25 heavy (non-hydrogen) atoms. The van der Waals surface area contributed by atoms with Crippen LogP contribution in [0.4, 0.5) is 0 Å². The molecule has 9 nitrogen and oxygen atoms in total. The molecule has 1 saturated heterocycles. The molecule has 2 aromatic heterocycles. The highest BCUT2D eigenvalue weighted by atomic mass is 16.5. The van der Waals surface area contributed by atoms with Crippen molar-refractivity contribution in [1.82, 2.24) is 24.8 Å². The van der Waals surface area contributed by atoms with Crippen molar-refractivity contribution < 1.29 is 18.8 Å². The number of hydrogen-bond acceptors (Lipinski definition) is 7. The molecule has 0 aliphatic carbocycles. The molecule has 0 unspecified atom stereocenters. The maximum Gasteiger partial charge on any atom is 0.260 e. The van der Waals surface area contributed by atoms with E-state index in [2.05, 4.69) is 15.2 Å². The molecule has 2 aromatic rings. The highest BCUT2D eigenvalue weighted by Crippen LogP contribution is 2.25. The maximum absolute atomic E-state index is 12.6. The van der Waals surface area contributed by atoms with Crippen molar-refractivity contribution in [2.24, 2.45) is 7.05 Å². The first-order valence-electron chi connectivity index (χ1n) is 8.21. The van der Waals surface area contributed by atoms with Gasteiger partial charge in [-0.2, -0.15) is 10.1 Å². The van der Waals surface area contributed by atoms with Crippen LogP contribution in [0.3, 0.4) is 0 Å². The fraction of sp³-hybridized carbons (Fsp3) is 0.625. The monoisotopic (exact) mass is 349 g/mol. The Bertz CT molecular complexity index is 769. The van der Waals surface area contributed by atoms with E-state index in [0.29, 0.717) is 30.6 Å². The van der Waals surface area contributed by atoms with Crippen molar-refractivity contribution in [3.8, 4) is 5.75 Å². The lowest BCUT2D eigenvalue weighted by Gasteiger charge is -2.35. The zero-order valence-corrected chi connectivity index (χ0v) is 15.1. The molecule has 0 bridgehead atoms. The summed E-state index contributed by atoms with van der Waals surface area (Å²) in [5.74, 6) is 1.47. The number of morpholine rings is 1. The molecule has 0 radical (unpaired) electrons. The average Bonchev–Trinajstić information content (AvgIpc) is 3.09. The molecular formula is C16H23N5O4. The summed E-state index contributed by atoms with van der Waals surface area (Å²) in [4.78, 5) is 18.5. The Morgan fingerprint density at radius 3 is 2.68 bits per heavy atom. The largest absolute Gasteiger partial charge is 0.480 e. The number of aryl methyl sites for hydroxylation is 3. The highest BCUT2D eigenvalue weighted by molar-refractivity contribution is 5.78. The van der Waals surface area contributed by atoms with E-state index < -0.39 is 6.10 Å². The Morgan fingerprint density at radius 2 is 2.08 bits per heavy atom. The first kappa shape index (κ1) is 17.4. The number of carbonyl (C=O) groups is 1. The van der Waals surface area contributed by atoms with Crippen molar-refractivity contribution in [1.29, 1.82) is 0 Å². The van der Waals surface area contributed by atoms with Gasteiger partial charge in [-0.05, 0) is 27.7 Å². The third-order valence-electron chi connectivity index (χ3n) is 4.21. The molecular weight excluding hydrogens is 326 g/mol. The second kappa shape index (κ2) is 6.83. The van der Waals surface area contributed by atoms with Gasteiger partial charge in [-0.1, -0.05) is 5.16 Å². The first-order chi connectivity index (χ1) is 11.8. The van der Waals surface area contributed by atoms with Gasteiger partial charge in [0.05, 0.1) is 18.3 Å². The summed E-state index contributed by atoms with van der Waals surface area (Å²) in [5.41, 5.74) is 1.65.